The van der Waals surface area contributed by atoms with E-state index in [0.717, 1.165) is 0 Å². The molecule has 0 unspecified atom stereocenters. The first-order chi connectivity index (χ1) is 12.9. The van der Waals surface area contributed by atoms with Crippen molar-refractivity contribution in [3.63, 3.8) is 0 Å². The van der Waals surface area contributed by atoms with Crippen molar-refractivity contribution in [1.82, 2.24) is 20.2 Å². The molecule has 0 aliphatic carbocycles. The number of aliphatic carboxylic acids is 1. The molecule has 0 bridgehead atoms. The molecular formula is C18H19FN4O4. The molecule has 142 valence electrons. The van der Waals surface area contributed by atoms with Crippen LogP contribution in [0, 0.1) is 5.82 Å². The monoisotopic (exact) mass is 374 g/mol. The Hall–Kier alpha value is -3.36. The highest BCUT2D eigenvalue weighted by molar-refractivity contribution is 6.04. The van der Waals surface area contributed by atoms with Crippen molar-refractivity contribution in [2.24, 2.45) is 0 Å². The number of aromatic nitrogens is 2. The first-order valence-corrected chi connectivity index (χ1v) is 8.27. The lowest BCUT2D eigenvalue weighted by molar-refractivity contribution is -0.137. The maximum Gasteiger partial charge on any atom is 0.305 e. The molecule has 0 aliphatic rings. The minimum absolute atomic E-state index is 0.00210. The van der Waals surface area contributed by atoms with Crippen LogP contribution in [0.4, 0.5) is 4.39 Å². The van der Waals surface area contributed by atoms with Gasteiger partial charge < -0.3 is 15.3 Å². The zero-order chi connectivity index (χ0) is 19.8. The van der Waals surface area contributed by atoms with Crippen LogP contribution in [0.5, 0.6) is 0 Å². The van der Waals surface area contributed by atoms with E-state index < -0.39 is 17.8 Å². The van der Waals surface area contributed by atoms with Crippen LogP contribution in [0.1, 0.15) is 39.9 Å². The Morgan fingerprint density at radius 1 is 1.11 bits per heavy atom. The quantitative estimate of drug-likeness (QED) is 0.724. The molecule has 27 heavy (non-hydrogen) atoms. The average molecular weight is 374 g/mol. The molecule has 0 fully saturated rings. The molecule has 0 radical (unpaired) electrons. The average Bonchev–Trinajstić information content (AvgIpc) is 2.67. The highest BCUT2D eigenvalue weighted by Crippen LogP contribution is 2.09. The van der Waals surface area contributed by atoms with E-state index >= 15 is 0 Å². The van der Waals surface area contributed by atoms with Crippen molar-refractivity contribution in [2.45, 2.75) is 19.9 Å². The van der Waals surface area contributed by atoms with Crippen LogP contribution in [-0.2, 0) is 11.3 Å². The van der Waals surface area contributed by atoms with Crippen LogP contribution in [0.15, 0.2) is 36.7 Å². The summed E-state index contributed by atoms with van der Waals surface area (Å²) in [6.07, 6.45) is 2.36. The van der Waals surface area contributed by atoms with Crippen molar-refractivity contribution in [3.05, 3.63) is 59.4 Å². The molecule has 2 aromatic rings. The van der Waals surface area contributed by atoms with E-state index in [1.165, 1.54) is 41.6 Å². The van der Waals surface area contributed by atoms with Gasteiger partial charge in [0.25, 0.3) is 11.8 Å². The molecular weight excluding hydrogens is 355 g/mol. The molecule has 0 saturated heterocycles. The molecule has 1 heterocycles. The third-order valence-corrected chi connectivity index (χ3v) is 3.75. The van der Waals surface area contributed by atoms with Crippen molar-refractivity contribution < 1.29 is 23.9 Å². The summed E-state index contributed by atoms with van der Waals surface area (Å²) in [4.78, 5) is 45.0. The number of carbonyl (C=O) groups is 3. The van der Waals surface area contributed by atoms with Gasteiger partial charge in [0, 0.05) is 32.0 Å². The number of hydrogen-bond donors (Lipinski definition) is 2. The maximum absolute atomic E-state index is 12.9. The third-order valence-electron chi connectivity index (χ3n) is 3.75. The number of halogens is 1. The summed E-state index contributed by atoms with van der Waals surface area (Å²) in [5.74, 6) is -2.59. The van der Waals surface area contributed by atoms with E-state index in [9.17, 15) is 18.8 Å². The Labute approximate surface area is 155 Å². The molecule has 0 atom stereocenters. The fourth-order valence-electron chi connectivity index (χ4n) is 2.31. The number of hydrogen-bond acceptors (Lipinski definition) is 5. The SMILES string of the molecule is CCN(CCC(=O)O)C(=O)c1nccnc1C(=O)NCc1ccc(F)cc1. The minimum atomic E-state index is -1.03. The Bertz CT molecular complexity index is 826. The van der Waals surface area contributed by atoms with Crippen molar-refractivity contribution in [3.8, 4) is 0 Å². The zero-order valence-electron chi connectivity index (χ0n) is 14.7. The number of amides is 2. The molecule has 8 nitrogen and oxygen atoms in total. The summed E-state index contributed by atoms with van der Waals surface area (Å²) in [5.41, 5.74) is 0.373. The van der Waals surface area contributed by atoms with Crippen molar-refractivity contribution in [2.75, 3.05) is 13.1 Å². The van der Waals surface area contributed by atoms with Crippen molar-refractivity contribution >= 4 is 17.8 Å². The Morgan fingerprint density at radius 2 is 1.74 bits per heavy atom. The summed E-state index contributed by atoms with van der Waals surface area (Å²) in [6.45, 7) is 2.08. The number of rotatable bonds is 8. The Morgan fingerprint density at radius 3 is 2.33 bits per heavy atom. The molecule has 0 spiro atoms. The molecule has 0 saturated carbocycles. The van der Waals surface area contributed by atoms with E-state index in [1.54, 1.807) is 6.92 Å². The van der Waals surface area contributed by atoms with Gasteiger partial charge >= 0.3 is 5.97 Å². The first kappa shape index (κ1) is 20.0. The lowest BCUT2D eigenvalue weighted by Crippen LogP contribution is -2.36. The smallest absolute Gasteiger partial charge is 0.305 e. The Kier molecular flexibility index (Phi) is 6.93. The van der Waals surface area contributed by atoms with E-state index in [2.05, 4.69) is 15.3 Å². The summed E-state index contributed by atoms with van der Waals surface area (Å²) >= 11 is 0. The number of carboxylic acid groups (broad SMARTS) is 1. The highest BCUT2D eigenvalue weighted by atomic mass is 19.1. The van der Waals surface area contributed by atoms with Crippen LogP contribution in [-0.4, -0.2) is 50.8 Å². The van der Waals surface area contributed by atoms with Gasteiger partial charge in [-0.25, -0.2) is 14.4 Å². The summed E-state index contributed by atoms with van der Waals surface area (Å²) < 4.78 is 12.9. The topological polar surface area (TPSA) is 112 Å². The molecule has 1 aromatic carbocycles. The third kappa shape index (κ3) is 5.56. The second kappa shape index (κ2) is 9.37. The lowest BCUT2D eigenvalue weighted by Gasteiger charge is -2.20. The van der Waals surface area contributed by atoms with Gasteiger partial charge in [0.2, 0.25) is 0 Å². The van der Waals surface area contributed by atoms with E-state index in [-0.39, 0.29) is 43.3 Å². The molecule has 9 heteroatoms. The number of carbonyl (C=O) groups excluding carboxylic acids is 2. The predicted molar refractivity (Wildman–Crippen MR) is 93.4 cm³/mol. The van der Waals surface area contributed by atoms with E-state index in [4.69, 9.17) is 5.11 Å². The van der Waals surface area contributed by atoms with E-state index in [0.29, 0.717) is 5.56 Å². The van der Waals surface area contributed by atoms with Gasteiger partial charge in [-0.2, -0.15) is 0 Å². The zero-order valence-corrected chi connectivity index (χ0v) is 14.7. The number of carboxylic acids is 1. The molecule has 1 aromatic heterocycles. The van der Waals surface area contributed by atoms with Gasteiger partial charge in [0.1, 0.15) is 5.82 Å². The summed E-state index contributed by atoms with van der Waals surface area (Å²) in [5, 5.41) is 11.4. The largest absolute Gasteiger partial charge is 0.481 e. The second-order valence-electron chi connectivity index (χ2n) is 5.59. The fraction of sp³-hybridized carbons (Fsp3) is 0.278. The second-order valence-corrected chi connectivity index (χ2v) is 5.59. The lowest BCUT2D eigenvalue weighted by atomic mass is 10.2. The molecule has 0 aliphatic heterocycles. The first-order valence-electron chi connectivity index (χ1n) is 8.27. The summed E-state index contributed by atoms with van der Waals surface area (Å²) in [7, 11) is 0. The highest BCUT2D eigenvalue weighted by Gasteiger charge is 2.24. The van der Waals surface area contributed by atoms with Gasteiger partial charge in [0.05, 0.1) is 6.42 Å². The summed E-state index contributed by atoms with van der Waals surface area (Å²) in [6, 6.07) is 5.62. The number of benzene rings is 1. The van der Waals surface area contributed by atoms with Crippen LogP contribution in [0.3, 0.4) is 0 Å². The molecule has 2 N–H and O–H groups in total. The minimum Gasteiger partial charge on any atom is -0.481 e. The van der Waals surface area contributed by atoms with E-state index in [1.807, 2.05) is 0 Å². The van der Waals surface area contributed by atoms with Gasteiger partial charge in [-0.05, 0) is 24.6 Å². The van der Waals surface area contributed by atoms with Crippen LogP contribution >= 0.6 is 0 Å². The van der Waals surface area contributed by atoms with Gasteiger partial charge in [0.15, 0.2) is 11.4 Å². The fourth-order valence-corrected chi connectivity index (χ4v) is 2.31. The predicted octanol–water partition coefficient (Wildman–Crippen LogP) is 1.48. The molecule has 2 rings (SSSR count). The van der Waals surface area contributed by atoms with Crippen molar-refractivity contribution in [1.29, 1.82) is 0 Å². The van der Waals surface area contributed by atoms with Gasteiger partial charge in [-0.1, -0.05) is 12.1 Å². The van der Waals surface area contributed by atoms with Gasteiger partial charge in [-0.3, -0.25) is 14.4 Å². The Balaban J connectivity index is 2.13. The van der Waals surface area contributed by atoms with Gasteiger partial charge in [-0.15, -0.1) is 0 Å². The normalized spacial score (nSPS) is 10.3. The number of nitrogens with zero attached hydrogens (tertiary/aromatic N) is 3. The number of nitrogens with one attached hydrogen (secondary N) is 1. The van der Waals surface area contributed by atoms with Crippen LogP contribution < -0.4 is 5.32 Å². The maximum atomic E-state index is 12.9. The van der Waals surface area contributed by atoms with Crippen LogP contribution in [0.2, 0.25) is 0 Å². The molecule has 2 amide bonds. The standard InChI is InChI=1S/C18H19FN4O4/c1-2-23(10-7-14(24)25)18(27)16-15(20-8-9-21-16)17(26)22-11-12-3-5-13(19)6-4-12/h3-6,8-9H,2,7,10-11H2,1H3,(H,22,26)(H,24,25). The van der Waals surface area contributed by atoms with Crippen LogP contribution in [0.25, 0.3) is 0 Å².